The summed E-state index contributed by atoms with van der Waals surface area (Å²) in [5, 5.41) is 5.86. The Morgan fingerprint density at radius 1 is 1.32 bits per heavy atom. The molecule has 0 unspecified atom stereocenters. The number of nitrogens with two attached hydrogens (primary N) is 1. The second-order valence-electron chi connectivity index (χ2n) is 4.55. The summed E-state index contributed by atoms with van der Waals surface area (Å²) in [5.41, 5.74) is 6.45. The van der Waals surface area contributed by atoms with Crippen LogP contribution in [0.1, 0.15) is 19.3 Å². The molecule has 102 valence electrons. The van der Waals surface area contributed by atoms with Gasteiger partial charge in [-0.2, -0.15) is 0 Å². The van der Waals surface area contributed by atoms with Crippen LogP contribution in [0, 0.1) is 5.92 Å². The third kappa shape index (κ3) is 3.94. The number of carbonyl (C=O) groups is 2. The number of amides is 2. The van der Waals surface area contributed by atoms with Gasteiger partial charge in [-0.25, -0.2) is 0 Å². The average Bonchev–Trinajstić information content (AvgIpc) is 3.16. The molecular weight excluding hydrogens is 266 g/mol. The summed E-state index contributed by atoms with van der Waals surface area (Å²) in [4.78, 5) is 23.0. The molecule has 1 aliphatic rings. The topological polar surface area (TPSA) is 84.2 Å². The Morgan fingerprint density at radius 2 is 2.05 bits per heavy atom. The van der Waals surface area contributed by atoms with Crippen molar-refractivity contribution < 1.29 is 9.59 Å². The zero-order valence-electron chi connectivity index (χ0n) is 10.4. The van der Waals surface area contributed by atoms with Gasteiger partial charge >= 0.3 is 0 Å². The van der Waals surface area contributed by atoms with Gasteiger partial charge < -0.3 is 16.4 Å². The first-order chi connectivity index (χ1) is 9.10. The first-order valence-corrected chi connectivity index (χ1v) is 6.58. The molecule has 19 heavy (non-hydrogen) atoms. The number of carbonyl (C=O) groups excluding carboxylic acids is 2. The van der Waals surface area contributed by atoms with E-state index in [2.05, 4.69) is 10.6 Å². The van der Waals surface area contributed by atoms with Crippen LogP contribution in [-0.4, -0.2) is 18.4 Å². The van der Waals surface area contributed by atoms with Crippen LogP contribution in [0.3, 0.4) is 0 Å². The summed E-state index contributed by atoms with van der Waals surface area (Å²) in [6, 6.07) is 4.99. The lowest BCUT2D eigenvalue weighted by Crippen LogP contribution is -2.16. The number of hydrogen-bond acceptors (Lipinski definition) is 3. The van der Waals surface area contributed by atoms with Gasteiger partial charge in [0.2, 0.25) is 11.8 Å². The third-order valence-corrected chi connectivity index (χ3v) is 3.14. The summed E-state index contributed by atoms with van der Waals surface area (Å²) in [7, 11) is 0. The van der Waals surface area contributed by atoms with Crippen molar-refractivity contribution in [3.8, 4) is 0 Å². The maximum atomic E-state index is 11.6. The van der Waals surface area contributed by atoms with E-state index in [9.17, 15) is 9.59 Å². The van der Waals surface area contributed by atoms with E-state index in [0.717, 1.165) is 12.8 Å². The van der Waals surface area contributed by atoms with Gasteiger partial charge in [-0.05, 0) is 31.0 Å². The third-order valence-electron chi connectivity index (χ3n) is 2.83. The van der Waals surface area contributed by atoms with Crippen molar-refractivity contribution in [3.05, 3.63) is 23.2 Å². The van der Waals surface area contributed by atoms with Crippen LogP contribution in [0.5, 0.6) is 0 Å². The van der Waals surface area contributed by atoms with Crippen molar-refractivity contribution in [2.24, 2.45) is 11.7 Å². The second kappa shape index (κ2) is 6.04. The monoisotopic (exact) mass is 281 g/mol. The molecule has 0 saturated heterocycles. The van der Waals surface area contributed by atoms with Crippen molar-refractivity contribution in [2.75, 3.05) is 17.2 Å². The first-order valence-electron chi connectivity index (χ1n) is 6.20. The lowest BCUT2D eigenvalue weighted by Gasteiger charge is -2.09. The lowest BCUT2D eigenvalue weighted by atomic mass is 10.2. The zero-order valence-corrected chi connectivity index (χ0v) is 11.2. The van der Waals surface area contributed by atoms with Crippen LogP contribution < -0.4 is 16.4 Å². The van der Waals surface area contributed by atoms with Gasteiger partial charge in [0.1, 0.15) is 0 Å². The predicted molar refractivity (Wildman–Crippen MR) is 75.1 cm³/mol. The smallest absolute Gasteiger partial charge is 0.227 e. The molecule has 1 fully saturated rings. The van der Waals surface area contributed by atoms with E-state index in [1.807, 2.05) is 0 Å². The highest BCUT2D eigenvalue weighted by atomic mass is 35.5. The van der Waals surface area contributed by atoms with E-state index in [4.69, 9.17) is 17.3 Å². The minimum Gasteiger partial charge on any atom is -0.330 e. The highest BCUT2D eigenvalue weighted by Gasteiger charge is 2.29. The van der Waals surface area contributed by atoms with Gasteiger partial charge in [0, 0.05) is 24.6 Å². The molecule has 0 radical (unpaired) electrons. The quantitative estimate of drug-likeness (QED) is 0.771. The van der Waals surface area contributed by atoms with E-state index in [-0.39, 0.29) is 24.2 Å². The van der Waals surface area contributed by atoms with Crippen LogP contribution in [0.15, 0.2) is 18.2 Å². The Balaban J connectivity index is 1.99. The summed E-state index contributed by atoms with van der Waals surface area (Å²) in [5.74, 6) is -0.0323. The zero-order chi connectivity index (χ0) is 13.8. The van der Waals surface area contributed by atoms with E-state index < -0.39 is 0 Å². The Kier molecular flexibility index (Phi) is 4.39. The molecular formula is C13H16ClN3O2. The maximum absolute atomic E-state index is 11.6. The largest absolute Gasteiger partial charge is 0.330 e. The van der Waals surface area contributed by atoms with Gasteiger partial charge in [0.25, 0.3) is 0 Å². The van der Waals surface area contributed by atoms with E-state index in [1.54, 1.807) is 18.2 Å². The van der Waals surface area contributed by atoms with Crippen molar-refractivity contribution in [3.63, 3.8) is 0 Å². The number of hydrogen-bond donors (Lipinski definition) is 3. The minimum atomic E-state index is -0.159. The van der Waals surface area contributed by atoms with Crippen LogP contribution in [-0.2, 0) is 9.59 Å². The fourth-order valence-corrected chi connectivity index (χ4v) is 1.86. The molecule has 0 atom stereocenters. The molecule has 0 spiro atoms. The standard InChI is InChI=1S/C13H16ClN3O2/c14-10-7-9(16-12(18)5-6-15)3-4-11(10)17-13(19)8-1-2-8/h3-4,7-8H,1-2,5-6,15H2,(H,16,18)(H,17,19). The highest BCUT2D eigenvalue weighted by molar-refractivity contribution is 6.34. The number of halogens is 1. The average molecular weight is 282 g/mol. The van der Waals surface area contributed by atoms with E-state index in [0.29, 0.717) is 22.9 Å². The van der Waals surface area contributed by atoms with Gasteiger partial charge in [-0.15, -0.1) is 0 Å². The molecule has 1 saturated carbocycles. The van der Waals surface area contributed by atoms with Crippen molar-refractivity contribution in [2.45, 2.75) is 19.3 Å². The molecule has 1 aliphatic carbocycles. The molecule has 2 amide bonds. The van der Waals surface area contributed by atoms with Crippen LogP contribution in [0.4, 0.5) is 11.4 Å². The number of anilines is 2. The normalized spacial score (nSPS) is 14.0. The maximum Gasteiger partial charge on any atom is 0.227 e. The molecule has 1 aromatic rings. The van der Waals surface area contributed by atoms with Crippen LogP contribution in [0.25, 0.3) is 0 Å². The van der Waals surface area contributed by atoms with Gasteiger partial charge in [-0.3, -0.25) is 9.59 Å². The summed E-state index contributed by atoms with van der Waals surface area (Å²) in [6.45, 7) is 0.301. The molecule has 0 aromatic heterocycles. The number of benzene rings is 1. The summed E-state index contributed by atoms with van der Waals surface area (Å²) >= 11 is 6.07. The van der Waals surface area contributed by atoms with E-state index >= 15 is 0 Å². The first kappa shape index (κ1) is 13.8. The Labute approximate surface area is 116 Å². The predicted octanol–water partition coefficient (Wildman–Crippen LogP) is 1.98. The van der Waals surface area contributed by atoms with Gasteiger partial charge in [0.05, 0.1) is 10.7 Å². The lowest BCUT2D eigenvalue weighted by molar-refractivity contribution is -0.117. The number of nitrogens with one attached hydrogen (secondary N) is 2. The number of rotatable bonds is 5. The summed E-state index contributed by atoms with van der Waals surface area (Å²) < 4.78 is 0. The molecule has 5 nitrogen and oxygen atoms in total. The molecule has 6 heteroatoms. The van der Waals surface area contributed by atoms with Crippen molar-refractivity contribution in [1.82, 2.24) is 0 Å². The SMILES string of the molecule is NCCC(=O)Nc1ccc(NC(=O)C2CC2)c(Cl)c1. The van der Waals surface area contributed by atoms with Crippen LogP contribution >= 0.6 is 11.6 Å². The molecule has 1 aromatic carbocycles. The fraction of sp³-hybridized carbons (Fsp3) is 0.385. The van der Waals surface area contributed by atoms with E-state index in [1.165, 1.54) is 0 Å². The highest BCUT2D eigenvalue weighted by Crippen LogP contribution is 2.32. The Bertz CT molecular complexity index is 501. The van der Waals surface area contributed by atoms with Gasteiger partial charge in [-0.1, -0.05) is 11.6 Å². The summed E-state index contributed by atoms with van der Waals surface area (Å²) in [6.07, 6.45) is 2.14. The Hall–Kier alpha value is -1.59. The van der Waals surface area contributed by atoms with Crippen LogP contribution in [0.2, 0.25) is 5.02 Å². The fourth-order valence-electron chi connectivity index (χ4n) is 1.63. The van der Waals surface area contributed by atoms with Crippen molar-refractivity contribution >= 4 is 34.8 Å². The molecule has 2 rings (SSSR count). The van der Waals surface area contributed by atoms with Crippen molar-refractivity contribution in [1.29, 1.82) is 0 Å². The molecule has 4 N–H and O–H groups in total. The molecule has 0 aliphatic heterocycles. The minimum absolute atomic E-state index is 0.00168. The Morgan fingerprint density at radius 3 is 2.63 bits per heavy atom. The molecule has 0 bridgehead atoms. The van der Waals surface area contributed by atoms with Gasteiger partial charge in [0.15, 0.2) is 0 Å². The molecule has 0 heterocycles. The second-order valence-corrected chi connectivity index (χ2v) is 4.95.